The highest BCUT2D eigenvalue weighted by Crippen LogP contribution is 2.60. The summed E-state index contributed by atoms with van der Waals surface area (Å²) < 4.78 is 6.87. The van der Waals surface area contributed by atoms with Gasteiger partial charge in [-0.1, -0.05) is 48.5 Å². The summed E-state index contributed by atoms with van der Waals surface area (Å²) in [5, 5.41) is 5.24. The average Bonchev–Trinajstić information content (AvgIpc) is 2.84. The SMILES string of the molecule is O=C(OCC(=O)C12CC3CC(CC(C3)C1)C2)c1nn(Cc2ccccc2)c(=O)c2ccccc12. The van der Waals surface area contributed by atoms with Crippen LogP contribution in [0.2, 0.25) is 0 Å². The maximum Gasteiger partial charge on any atom is 0.359 e. The third kappa shape index (κ3) is 3.65. The molecule has 6 nitrogen and oxygen atoms in total. The number of benzene rings is 2. The first-order valence-corrected chi connectivity index (χ1v) is 12.2. The molecule has 0 spiro atoms. The van der Waals surface area contributed by atoms with Crippen molar-refractivity contribution >= 4 is 22.5 Å². The van der Waals surface area contributed by atoms with Crippen molar-refractivity contribution in [1.29, 1.82) is 0 Å². The molecule has 2 aromatic carbocycles. The van der Waals surface area contributed by atoms with Crippen LogP contribution in [0.15, 0.2) is 59.4 Å². The van der Waals surface area contributed by atoms with E-state index in [0.29, 0.717) is 28.5 Å². The van der Waals surface area contributed by atoms with Crippen LogP contribution in [0.25, 0.3) is 10.8 Å². The molecule has 4 saturated carbocycles. The Morgan fingerprint density at radius 1 is 0.882 bits per heavy atom. The van der Waals surface area contributed by atoms with Gasteiger partial charge < -0.3 is 4.74 Å². The molecule has 34 heavy (non-hydrogen) atoms. The van der Waals surface area contributed by atoms with Crippen molar-refractivity contribution in [3.8, 4) is 0 Å². The fourth-order valence-corrected chi connectivity index (χ4v) is 7.05. The summed E-state index contributed by atoms with van der Waals surface area (Å²) >= 11 is 0. The first-order valence-electron chi connectivity index (χ1n) is 12.2. The molecule has 1 aromatic heterocycles. The summed E-state index contributed by atoms with van der Waals surface area (Å²) in [7, 11) is 0. The summed E-state index contributed by atoms with van der Waals surface area (Å²) in [6.45, 7) is 0.0236. The lowest BCUT2D eigenvalue weighted by molar-refractivity contribution is -0.147. The summed E-state index contributed by atoms with van der Waals surface area (Å²) in [5.74, 6) is 1.35. The van der Waals surface area contributed by atoms with Crippen LogP contribution in [0, 0.1) is 23.2 Å². The van der Waals surface area contributed by atoms with Crippen LogP contribution in [-0.4, -0.2) is 28.1 Å². The van der Waals surface area contributed by atoms with E-state index >= 15 is 0 Å². The van der Waals surface area contributed by atoms with E-state index in [-0.39, 0.29) is 35.6 Å². The fraction of sp³-hybridized carbons (Fsp3) is 0.429. The lowest BCUT2D eigenvalue weighted by Crippen LogP contribution is -2.51. The molecule has 4 fully saturated rings. The van der Waals surface area contributed by atoms with Crippen LogP contribution in [0.5, 0.6) is 0 Å². The summed E-state index contributed by atoms with van der Waals surface area (Å²) in [6, 6.07) is 16.4. The normalized spacial score (nSPS) is 27.1. The lowest BCUT2D eigenvalue weighted by Gasteiger charge is -2.55. The zero-order valence-corrected chi connectivity index (χ0v) is 19.1. The van der Waals surface area contributed by atoms with Gasteiger partial charge >= 0.3 is 5.97 Å². The second kappa shape index (κ2) is 8.19. The quantitative estimate of drug-likeness (QED) is 0.514. The second-order valence-electron chi connectivity index (χ2n) is 10.5. The van der Waals surface area contributed by atoms with Gasteiger partial charge in [-0.25, -0.2) is 9.48 Å². The Hall–Kier alpha value is -3.28. The number of hydrogen-bond donors (Lipinski definition) is 0. The fourth-order valence-electron chi connectivity index (χ4n) is 7.05. The first kappa shape index (κ1) is 21.3. The van der Waals surface area contributed by atoms with Crippen LogP contribution >= 0.6 is 0 Å². The number of ketones is 1. The van der Waals surface area contributed by atoms with E-state index in [1.54, 1.807) is 24.3 Å². The van der Waals surface area contributed by atoms with Gasteiger partial charge in [-0.05, 0) is 67.9 Å². The number of esters is 1. The minimum absolute atomic E-state index is 0.0573. The van der Waals surface area contributed by atoms with E-state index in [2.05, 4.69) is 5.10 Å². The van der Waals surface area contributed by atoms with E-state index in [0.717, 1.165) is 24.8 Å². The van der Waals surface area contributed by atoms with Crippen LogP contribution < -0.4 is 5.56 Å². The number of ether oxygens (including phenoxy) is 1. The third-order valence-electron chi connectivity index (χ3n) is 8.20. The van der Waals surface area contributed by atoms with Gasteiger partial charge in [0.15, 0.2) is 18.1 Å². The zero-order valence-electron chi connectivity index (χ0n) is 19.1. The minimum atomic E-state index is -0.656. The molecule has 4 aliphatic rings. The van der Waals surface area contributed by atoms with Crippen molar-refractivity contribution in [2.45, 2.75) is 45.1 Å². The Labute approximate surface area is 197 Å². The van der Waals surface area contributed by atoms with Gasteiger partial charge in [0.05, 0.1) is 11.9 Å². The number of hydrogen-bond acceptors (Lipinski definition) is 5. The Morgan fingerprint density at radius 3 is 2.12 bits per heavy atom. The van der Waals surface area contributed by atoms with Gasteiger partial charge in [0.2, 0.25) is 0 Å². The Balaban J connectivity index is 1.26. The first-order chi connectivity index (χ1) is 16.5. The smallest absolute Gasteiger partial charge is 0.359 e. The molecule has 0 saturated heterocycles. The highest BCUT2D eigenvalue weighted by atomic mass is 16.5. The summed E-state index contributed by atoms with van der Waals surface area (Å²) in [4.78, 5) is 39.5. The molecule has 0 aliphatic heterocycles. The second-order valence-corrected chi connectivity index (χ2v) is 10.5. The predicted molar refractivity (Wildman–Crippen MR) is 127 cm³/mol. The highest BCUT2D eigenvalue weighted by Gasteiger charge is 2.54. The number of carbonyl (C=O) groups excluding carboxylic acids is 2. The molecule has 0 atom stereocenters. The van der Waals surface area contributed by atoms with Gasteiger partial charge in [0.25, 0.3) is 5.56 Å². The Morgan fingerprint density at radius 2 is 1.47 bits per heavy atom. The van der Waals surface area contributed by atoms with E-state index in [9.17, 15) is 14.4 Å². The van der Waals surface area contributed by atoms with Gasteiger partial charge in [0, 0.05) is 10.8 Å². The monoisotopic (exact) mass is 456 g/mol. The average molecular weight is 457 g/mol. The van der Waals surface area contributed by atoms with Gasteiger partial charge in [-0.2, -0.15) is 5.10 Å². The zero-order chi connectivity index (χ0) is 23.3. The predicted octanol–water partition coefficient (Wildman–Crippen LogP) is 4.39. The number of carbonyl (C=O) groups is 2. The number of fused-ring (bicyclic) bond motifs is 1. The highest BCUT2D eigenvalue weighted by molar-refractivity contribution is 6.03. The molecule has 6 heteroatoms. The summed E-state index contributed by atoms with van der Waals surface area (Å²) in [5.41, 5.74) is 0.408. The molecule has 0 radical (unpaired) electrons. The van der Waals surface area contributed by atoms with Crippen molar-refractivity contribution in [2.24, 2.45) is 23.2 Å². The standard InChI is InChI=1S/C28H28N2O4/c31-24(28-13-19-10-20(14-28)12-21(11-19)15-28)17-34-27(33)25-22-8-4-5-9-23(22)26(32)30(29-25)16-18-6-2-1-3-7-18/h1-9,19-21H,10-17H2. The largest absolute Gasteiger partial charge is 0.453 e. The number of Topliss-reactive ketones (excluding diaryl/α,β-unsaturated/α-hetero) is 1. The van der Waals surface area contributed by atoms with Gasteiger partial charge in [-0.3, -0.25) is 9.59 Å². The Kier molecular flexibility index (Phi) is 5.12. The Bertz CT molecular complexity index is 1290. The van der Waals surface area contributed by atoms with Crippen molar-refractivity contribution in [3.05, 3.63) is 76.2 Å². The van der Waals surface area contributed by atoms with Gasteiger partial charge in [0.1, 0.15) is 0 Å². The molecule has 4 bridgehead atoms. The lowest BCUT2D eigenvalue weighted by atomic mass is 9.48. The molecule has 174 valence electrons. The number of aromatic nitrogens is 2. The van der Waals surface area contributed by atoms with E-state index in [1.165, 1.54) is 23.9 Å². The molecular weight excluding hydrogens is 428 g/mol. The van der Waals surface area contributed by atoms with Crippen LogP contribution in [0.4, 0.5) is 0 Å². The molecule has 7 rings (SSSR count). The molecule has 0 amide bonds. The minimum Gasteiger partial charge on any atom is -0.453 e. The topological polar surface area (TPSA) is 78.3 Å². The third-order valence-corrected chi connectivity index (χ3v) is 8.20. The molecule has 0 unspecified atom stereocenters. The van der Waals surface area contributed by atoms with Crippen molar-refractivity contribution in [3.63, 3.8) is 0 Å². The number of rotatable bonds is 6. The van der Waals surface area contributed by atoms with Crippen LogP contribution in [0.1, 0.15) is 54.6 Å². The number of nitrogens with zero attached hydrogens (tertiary/aromatic N) is 2. The van der Waals surface area contributed by atoms with Crippen molar-refractivity contribution < 1.29 is 14.3 Å². The van der Waals surface area contributed by atoms with Crippen molar-refractivity contribution in [1.82, 2.24) is 9.78 Å². The van der Waals surface area contributed by atoms with E-state index < -0.39 is 5.97 Å². The van der Waals surface area contributed by atoms with Crippen LogP contribution in [-0.2, 0) is 16.1 Å². The van der Waals surface area contributed by atoms with E-state index in [1.807, 2.05) is 30.3 Å². The maximum atomic E-state index is 13.3. The molecule has 4 aliphatic carbocycles. The maximum absolute atomic E-state index is 13.3. The molecule has 3 aromatic rings. The van der Waals surface area contributed by atoms with Gasteiger partial charge in [-0.15, -0.1) is 0 Å². The van der Waals surface area contributed by atoms with Crippen molar-refractivity contribution in [2.75, 3.05) is 6.61 Å². The van der Waals surface area contributed by atoms with Crippen LogP contribution in [0.3, 0.4) is 0 Å². The van der Waals surface area contributed by atoms with E-state index in [4.69, 9.17) is 4.74 Å². The molecule has 0 N–H and O–H groups in total. The molecular formula is C28H28N2O4. The molecule has 1 heterocycles. The summed E-state index contributed by atoms with van der Waals surface area (Å²) in [6.07, 6.45) is 6.59.